The van der Waals surface area contributed by atoms with Crippen LogP contribution in [0.2, 0.25) is 0 Å². The lowest BCUT2D eigenvalue weighted by molar-refractivity contribution is 0.751. The fourth-order valence-electron chi connectivity index (χ4n) is 2.89. The maximum Gasteiger partial charge on any atom is 0.162 e. The quantitative estimate of drug-likeness (QED) is 0.797. The van der Waals surface area contributed by atoms with Crippen LogP contribution in [0.5, 0.6) is 0 Å². The highest BCUT2D eigenvalue weighted by molar-refractivity contribution is 5.67. The van der Waals surface area contributed by atoms with E-state index in [1.54, 1.807) is 24.8 Å². The highest BCUT2D eigenvalue weighted by Gasteiger charge is 2.22. The maximum absolute atomic E-state index is 6.06. The zero-order valence-electron chi connectivity index (χ0n) is 13.2. The van der Waals surface area contributed by atoms with Crippen molar-refractivity contribution in [3.05, 3.63) is 55.1 Å². The van der Waals surface area contributed by atoms with E-state index in [1.807, 2.05) is 30.3 Å². The molecule has 6 heteroatoms. The van der Waals surface area contributed by atoms with Gasteiger partial charge in [-0.2, -0.15) is 0 Å². The van der Waals surface area contributed by atoms with Crippen molar-refractivity contribution in [2.75, 3.05) is 18.0 Å². The molecule has 1 fully saturated rings. The average molecular weight is 318 g/mol. The minimum atomic E-state index is 0.203. The van der Waals surface area contributed by atoms with Crippen LogP contribution in [0.4, 0.5) is 5.82 Å². The van der Waals surface area contributed by atoms with E-state index in [4.69, 9.17) is 15.7 Å². The molecule has 1 aliphatic heterocycles. The van der Waals surface area contributed by atoms with E-state index < -0.39 is 0 Å². The Balaban J connectivity index is 1.82. The summed E-state index contributed by atoms with van der Waals surface area (Å²) >= 11 is 0. The molecule has 4 heterocycles. The number of hydrogen-bond acceptors (Lipinski definition) is 6. The number of aromatic nitrogens is 4. The fraction of sp³-hybridized carbons (Fsp3) is 0.222. The van der Waals surface area contributed by atoms with Crippen LogP contribution in [-0.2, 0) is 0 Å². The van der Waals surface area contributed by atoms with E-state index in [-0.39, 0.29) is 6.04 Å². The minimum Gasteiger partial charge on any atom is -0.355 e. The molecule has 0 saturated carbocycles. The minimum absolute atomic E-state index is 0.203. The Hall–Kier alpha value is -2.86. The second-order valence-electron chi connectivity index (χ2n) is 5.90. The summed E-state index contributed by atoms with van der Waals surface area (Å²) in [6.45, 7) is 1.74. The van der Waals surface area contributed by atoms with Gasteiger partial charge in [0.1, 0.15) is 5.82 Å². The molecule has 24 heavy (non-hydrogen) atoms. The summed E-state index contributed by atoms with van der Waals surface area (Å²) in [6, 6.07) is 9.98. The Morgan fingerprint density at radius 2 is 1.58 bits per heavy atom. The summed E-state index contributed by atoms with van der Waals surface area (Å²) in [4.78, 5) is 19.9. The van der Waals surface area contributed by atoms with Gasteiger partial charge in [0.05, 0.1) is 5.69 Å². The molecular formula is C18H18N6. The molecule has 1 atom stereocenters. The predicted molar refractivity (Wildman–Crippen MR) is 93.3 cm³/mol. The second-order valence-corrected chi connectivity index (χ2v) is 5.90. The van der Waals surface area contributed by atoms with Gasteiger partial charge in [0.15, 0.2) is 5.82 Å². The summed E-state index contributed by atoms with van der Waals surface area (Å²) in [5.41, 5.74) is 8.91. The normalized spacial score (nSPS) is 17.2. The van der Waals surface area contributed by atoms with Crippen LogP contribution in [0, 0.1) is 0 Å². The zero-order chi connectivity index (χ0) is 16.4. The molecule has 6 nitrogen and oxygen atoms in total. The summed E-state index contributed by atoms with van der Waals surface area (Å²) < 4.78 is 0. The molecule has 3 aromatic rings. The number of nitrogens with two attached hydrogens (primary N) is 1. The Labute approximate surface area is 140 Å². The molecule has 3 aromatic heterocycles. The first-order chi connectivity index (χ1) is 11.8. The van der Waals surface area contributed by atoms with Gasteiger partial charge in [-0.3, -0.25) is 9.97 Å². The highest BCUT2D eigenvalue weighted by Crippen LogP contribution is 2.27. The Morgan fingerprint density at radius 1 is 0.917 bits per heavy atom. The van der Waals surface area contributed by atoms with Gasteiger partial charge in [0.2, 0.25) is 0 Å². The largest absolute Gasteiger partial charge is 0.355 e. The van der Waals surface area contributed by atoms with Crippen molar-refractivity contribution in [3.8, 4) is 22.6 Å². The van der Waals surface area contributed by atoms with Crippen LogP contribution in [0.25, 0.3) is 22.6 Å². The molecule has 0 bridgehead atoms. The number of nitrogens with zero attached hydrogens (tertiary/aromatic N) is 5. The standard InChI is InChI=1S/C18H18N6/c19-15-5-10-24(12-15)17-11-16(13-1-6-20-7-2-13)22-18(23-17)14-3-8-21-9-4-14/h1-4,6-9,11,15H,5,10,12,19H2. The van der Waals surface area contributed by atoms with Crippen molar-refractivity contribution in [2.45, 2.75) is 12.5 Å². The van der Waals surface area contributed by atoms with Gasteiger partial charge in [0, 0.05) is 61.1 Å². The van der Waals surface area contributed by atoms with Crippen LogP contribution in [0.15, 0.2) is 55.1 Å². The van der Waals surface area contributed by atoms with Crippen molar-refractivity contribution < 1.29 is 0 Å². The molecular weight excluding hydrogens is 300 g/mol. The van der Waals surface area contributed by atoms with Gasteiger partial charge in [0.25, 0.3) is 0 Å². The first-order valence-electron chi connectivity index (χ1n) is 8.00. The van der Waals surface area contributed by atoms with Gasteiger partial charge in [-0.25, -0.2) is 9.97 Å². The summed E-state index contributed by atoms with van der Waals surface area (Å²) in [5, 5.41) is 0. The highest BCUT2D eigenvalue weighted by atomic mass is 15.2. The SMILES string of the molecule is NC1CCN(c2cc(-c3ccncc3)nc(-c3ccncc3)n2)C1. The van der Waals surface area contributed by atoms with Crippen LogP contribution in [0.1, 0.15) is 6.42 Å². The van der Waals surface area contributed by atoms with E-state index in [0.29, 0.717) is 5.82 Å². The van der Waals surface area contributed by atoms with E-state index in [2.05, 4.69) is 14.9 Å². The van der Waals surface area contributed by atoms with Crippen LogP contribution >= 0.6 is 0 Å². The molecule has 2 N–H and O–H groups in total. The second kappa shape index (κ2) is 6.33. The number of hydrogen-bond donors (Lipinski definition) is 1. The molecule has 1 aliphatic rings. The van der Waals surface area contributed by atoms with Crippen LogP contribution in [-0.4, -0.2) is 39.1 Å². The van der Waals surface area contributed by atoms with Crippen molar-refractivity contribution in [1.29, 1.82) is 0 Å². The van der Waals surface area contributed by atoms with E-state index in [9.17, 15) is 0 Å². The molecule has 0 aliphatic carbocycles. The summed E-state index contributed by atoms with van der Waals surface area (Å²) in [7, 11) is 0. The molecule has 4 rings (SSSR count). The van der Waals surface area contributed by atoms with Crippen molar-refractivity contribution in [2.24, 2.45) is 5.73 Å². The molecule has 0 spiro atoms. The first kappa shape index (κ1) is 14.7. The fourth-order valence-corrected chi connectivity index (χ4v) is 2.89. The third-order valence-electron chi connectivity index (χ3n) is 4.18. The average Bonchev–Trinajstić information content (AvgIpc) is 3.09. The summed E-state index contributed by atoms with van der Waals surface area (Å²) in [5.74, 6) is 1.61. The van der Waals surface area contributed by atoms with Crippen LogP contribution in [0.3, 0.4) is 0 Å². The van der Waals surface area contributed by atoms with E-state index in [0.717, 1.165) is 42.1 Å². The monoisotopic (exact) mass is 318 g/mol. The molecule has 0 amide bonds. The van der Waals surface area contributed by atoms with E-state index >= 15 is 0 Å². The lowest BCUT2D eigenvalue weighted by Crippen LogP contribution is -2.27. The number of rotatable bonds is 3. The van der Waals surface area contributed by atoms with Gasteiger partial charge in [-0.15, -0.1) is 0 Å². The zero-order valence-corrected chi connectivity index (χ0v) is 13.2. The van der Waals surface area contributed by atoms with Gasteiger partial charge in [-0.1, -0.05) is 0 Å². The van der Waals surface area contributed by atoms with E-state index in [1.165, 1.54) is 0 Å². The van der Waals surface area contributed by atoms with Gasteiger partial charge >= 0.3 is 0 Å². The molecule has 1 unspecified atom stereocenters. The Morgan fingerprint density at radius 3 is 2.21 bits per heavy atom. The van der Waals surface area contributed by atoms with Crippen LogP contribution < -0.4 is 10.6 Å². The lowest BCUT2D eigenvalue weighted by Gasteiger charge is -2.18. The molecule has 0 aromatic carbocycles. The molecule has 1 saturated heterocycles. The smallest absolute Gasteiger partial charge is 0.162 e. The Bertz CT molecular complexity index is 764. The van der Waals surface area contributed by atoms with Crippen molar-refractivity contribution >= 4 is 5.82 Å². The molecule has 0 radical (unpaired) electrons. The van der Waals surface area contributed by atoms with Gasteiger partial charge < -0.3 is 10.6 Å². The molecule has 120 valence electrons. The van der Waals surface area contributed by atoms with Crippen molar-refractivity contribution in [1.82, 2.24) is 19.9 Å². The third kappa shape index (κ3) is 2.96. The van der Waals surface area contributed by atoms with Crippen molar-refractivity contribution in [3.63, 3.8) is 0 Å². The predicted octanol–water partition coefficient (Wildman–Crippen LogP) is 2.14. The first-order valence-corrected chi connectivity index (χ1v) is 8.00. The lowest BCUT2D eigenvalue weighted by atomic mass is 10.1. The third-order valence-corrected chi connectivity index (χ3v) is 4.18. The Kier molecular flexibility index (Phi) is 3.88. The van der Waals surface area contributed by atoms with Gasteiger partial charge in [-0.05, 0) is 30.7 Å². The maximum atomic E-state index is 6.06. The summed E-state index contributed by atoms with van der Waals surface area (Å²) in [6.07, 6.45) is 8.04. The topological polar surface area (TPSA) is 80.8 Å². The number of pyridine rings is 2. The number of anilines is 1.